The predicted molar refractivity (Wildman–Crippen MR) is 89.8 cm³/mol. The van der Waals surface area contributed by atoms with E-state index in [1.165, 1.54) is 18.3 Å². The topological polar surface area (TPSA) is 59.0 Å². The molecular formula is C19H16FNO4. The van der Waals surface area contributed by atoms with E-state index in [4.69, 9.17) is 14.6 Å². The maximum absolute atomic E-state index is 13.1. The van der Waals surface area contributed by atoms with Gasteiger partial charge in [-0.05, 0) is 54.1 Å². The average molecular weight is 341 g/mol. The SMILES string of the molecule is O=C(O)N1C=CC(Oc2ccc(OCc3cccc(F)c3)cc2)=CC1. The minimum atomic E-state index is -1.01. The number of carbonyl (C=O) groups is 1. The fourth-order valence-electron chi connectivity index (χ4n) is 2.23. The van der Waals surface area contributed by atoms with Gasteiger partial charge >= 0.3 is 6.09 Å². The fraction of sp³-hybridized carbons (Fsp3) is 0.105. The van der Waals surface area contributed by atoms with Crippen LogP contribution in [-0.4, -0.2) is 22.6 Å². The first-order valence-electron chi connectivity index (χ1n) is 7.63. The minimum Gasteiger partial charge on any atom is -0.489 e. The van der Waals surface area contributed by atoms with Crippen LogP contribution in [0, 0.1) is 5.82 Å². The number of ether oxygens (including phenoxy) is 2. The zero-order valence-electron chi connectivity index (χ0n) is 13.3. The molecule has 1 amide bonds. The Hall–Kier alpha value is -3.28. The lowest BCUT2D eigenvalue weighted by Gasteiger charge is -2.17. The number of rotatable bonds is 5. The Kier molecular flexibility index (Phi) is 4.99. The largest absolute Gasteiger partial charge is 0.489 e. The van der Waals surface area contributed by atoms with Crippen LogP contribution in [0.15, 0.2) is 72.6 Å². The first-order chi connectivity index (χ1) is 12.1. The van der Waals surface area contributed by atoms with Gasteiger partial charge in [-0.15, -0.1) is 0 Å². The van der Waals surface area contributed by atoms with E-state index in [1.54, 1.807) is 48.6 Å². The lowest BCUT2D eigenvalue weighted by molar-refractivity contribution is 0.165. The lowest BCUT2D eigenvalue weighted by atomic mass is 10.2. The van der Waals surface area contributed by atoms with Crippen LogP contribution in [0.4, 0.5) is 9.18 Å². The highest BCUT2D eigenvalue weighted by atomic mass is 19.1. The fourth-order valence-corrected chi connectivity index (χ4v) is 2.23. The van der Waals surface area contributed by atoms with Crippen molar-refractivity contribution >= 4 is 6.09 Å². The Morgan fingerprint density at radius 3 is 2.56 bits per heavy atom. The minimum absolute atomic E-state index is 0.246. The zero-order valence-corrected chi connectivity index (χ0v) is 13.3. The maximum Gasteiger partial charge on any atom is 0.411 e. The highest BCUT2D eigenvalue weighted by molar-refractivity contribution is 5.67. The molecule has 1 aliphatic rings. The second-order valence-corrected chi connectivity index (χ2v) is 5.35. The molecule has 0 unspecified atom stereocenters. The summed E-state index contributed by atoms with van der Waals surface area (Å²) in [5, 5.41) is 8.86. The van der Waals surface area contributed by atoms with Crippen LogP contribution < -0.4 is 9.47 Å². The first-order valence-corrected chi connectivity index (χ1v) is 7.63. The number of nitrogens with zero attached hydrogens (tertiary/aromatic N) is 1. The number of carboxylic acid groups (broad SMARTS) is 1. The third kappa shape index (κ3) is 4.60. The normalized spacial score (nSPS) is 13.3. The van der Waals surface area contributed by atoms with Gasteiger partial charge in [-0.1, -0.05) is 12.1 Å². The third-order valence-corrected chi connectivity index (χ3v) is 3.51. The summed E-state index contributed by atoms with van der Waals surface area (Å²) in [6, 6.07) is 13.3. The molecule has 0 atom stereocenters. The molecule has 3 rings (SSSR count). The molecule has 6 heteroatoms. The number of benzene rings is 2. The van der Waals surface area contributed by atoms with Gasteiger partial charge in [0.1, 0.15) is 29.7 Å². The highest BCUT2D eigenvalue weighted by Gasteiger charge is 2.11. The zero-order chi connectivity index (χ0) is 17.6. The molecule has 1 heterocycles. The molecule has 0 aromatic heterocycles. The molecule has 0 radical (unpaired) electrons. The van der Waals surface area contributed by atoms with E-state index in [-0.39, 0.29) is 19.0 Å². The number of amides is 1. The molecule has 0 aliphatic carbocycles. The third-order valence-electron chi connectivity index (χ3n) is 3.51. The molecule has 0 bridgehead atoms. The molecule has 0 saturated heterocycles. The second kappa shape index (κ2) is 7.53. The molecule has 5 nitrogen and oxygen atoms in total. The van der Waals surface area contributed by atoms with Crippen molar-refractivity contribution in [2.24, 2.45) is 0 Å². The van der Waals surface area contributed by atoms with Gasteiger partial charge in [-0.2, -0.15) is 0 Å². The van der Waals surface area contributed by atoms with Crippen molar-refractivity contribution in [2.75, 3.05) is 6.54 Å². The van der Waals surface area contributed by atoms with Gasteiger partial charge in [-0.3, -0.25) is 4.90 Å². The molecule has 2 aromatic rings. The molecule has 2 aromatic carbocycles. The summed E-state index contributed by atoms with van der Waals surface area (Å²) in [5.74, 6) is 1.53. The van der Waals surface area contributed by atoms with Gasteiger partial charge in [0, 0.05) is 6.20 Å². The van der Waals surface area contributed by atoms with Crippen molar-refractivity contribution in [1.82, 2.24) is 4.90 Å². The van der Waals surface area contributed by atoms with Gasteiger partial charge < -0.3 is 14.6 Å². The van der Waals surface area contributed by atoms with E-state index in [9.17, 15) is 9.18 Å². The number of hydrogen-bond donors (Lipinski definition) is 1. The average Bonchev–Trinajstić information content (AvgIpc) is 2.62. The molecule has 25 heavy (non-hydrogen) atoms. The van der Waals surface area contributed by atoms with Gasteiger partial charge in [0.25, 0.3) is 0 Å². The number of hydrogen-bond acceptors (Lipinski definition) is 3. The van der Waals surface area contributed by atoms with Crippen LogP contribution in [0.25, 0.3) is 0 Å². The molecule has 0 spiro atoms. The van der Waals surface area contributed by atoms with Gasteiger partial charge in [-0.25, -0.2) is 9.18 Å². The standard InChI is InChI=1S/C19H16FNO4/c20-15-3-1-2-14(12-15)13-24-16-4-6-17(7-5-16)25-18-8-10-21(11-9-18)19(22)23/h1-10,12H,11,13H2,(H,22,23). The molecule has 1 N–H and O–H groups in total. The molecule has 0 fully saturated rings. The van der Waals surface area contributed by atoms with Crippen molar-refractivity contribution in [2.45, 2.75) is 6.61 Å². The summed E-state index contributed by atoms with van der Waals surface area (Å²) < 4.78 is 24.4. The van der Waals surface area contributed by atoms with Crippen LogP contribution in [0.2, 0.25) is 0 Å². The summed E-state index contributed by atoms with van der Waals surface area (Å²) in [4.78, 5) is 12.0. The van der Waals surface area contributed by atoms with Gasteiger partial charge in [0.2, 0.25) is 0 Å². The first kappa shape index (κ1) is 16.6. The predicted octanol–water partition coefficient (Wildman–Crippen LogP) is 4.17. The van der Waals surface area contributed by atoms with Gasteiger partial charge in [0.05, 0.1) is 6.54 Å². The van der Waals surface area contributed by atoms with Crippen LogP contribution >= 0.6 is 0 Å². The van der Waals surface area contributed by atoms with E-state index in [2.05, 4.69) is 0 Å². The van der Waals surface area contributed by atoms with Crippen LogP contribution in [0.5, 0.6) is 11.5 Å². The quantitative estimate of drug-likeness (QED) is 0.886. The van der Waals surface area contributed by atoms with Crippen LogP contribution in [0.3, 0.4) is 0 Å². The van der Waals surface area contributed by atoms with Crippen molar-refractivity contribution in [1.29, 1.82) is 0 Å². The van der Waals surface area contributed by atoms with Crippen molar-refractivity contribution in [3.8, 4) is 11.5 Å². The van der Waals surface area contributed by atoms with E-state index in [0.29, 0.717) is 17.3 Å². The summed E-state index contributed by atoms with van der Waals surface area (Å²) >= 11 is 0. The summed E-state index contributed by atoms with van der Waals surface area (Å²) in [5.41, 5.74) is 0.751. The van der Waals surface area contributed by atoms with E-state index < -0.39 is 6.09 Å². The van der Waals surface area contributed by atoms with E-state index in [0.717, 1.165) is 10.5 Å². The number of allylic oxidation sites excluding steroid dienone is 1. The Bertz CT molecular complexity index is 814. The van der Waals surface area contributed by atoms with Crippen LogP contribution in [0.1, 0.15) is 5.56 Å². The molecule has 1 aliphatic heterocycles. The van der Waals surface area contributed by atoms with Gasteiger partial charge in [0.15, 0.2) is 0 Å². The monoisotopic (exact) mass is 341 g/mol. The van der Waals surface area contributed by atoms with Crippen LogP contribution in [-0.2, 0) is 6.61 Å². The Morgan fingerprint density at radius 2 is 1.92 bits per heavy atom. The highest BCUT2D eigenvalue weighted by Crippen LogP contribution is 2.21. The summed E-state index contributed by atoms with van der Waals surface area (Å²) in [6.45, 7) is 0.521. The summed E-state index contributed by atoms with van der Waals surface area (Å²) in [7, 11) is 0. The molecule has 128 valence electrons. The Morgan fingerprint density at radius 1 is 1.16 bits per heavy atom. The number of halogens is 1. The molecule has 0 saturated carbocycles. The van der Waals surface area contributed by atoms with E-state index in [1.807, 2.05) is 0 Å². The van der Waals surface area contributed by atoms with Crippen molar-refractivity contribution < 1.29 is 23.8 Å². The maximum atomic E-state index is 13.1. The second-order valence-electron chi connectivity index (χ2n) is 5.35. The Labute approximate surface area is 144 Å². The van der Waals surface area contributed by atoms with Crippen molar-refractivity contribution in [3.63, 3.8) is 0 Å². The Balaban J connectivity index is 1.54. The van der Waals surface area contributed by atoms with E-state index >= 15 is 0 Å². The molecular weight excluding hydrogens is 325 g/mol. The summed E-state index contributed by atoms with van der Waals surface area (Å²) in [6.07, 6.45) is 3.72. The van der Waals surface area contributed by atoms with Crippen molar-refractivity contribution in [3.05, 3.63) is 84.0 Å². The lowest BCUT2D eigenvalue weighted by Crippen LogP contribution is -2.26. The smallest absolute Gasteiger partial charge is 0.411 e.